The lowest BCUT2D eigenvalue weighted by atomic mass is 9.71. The van der Waals surface area contributed by atoms with E-state index in [2.05, 4.69) is 0 Å². The molecule has 17 atom stereocenters. The van der Waals surface area contributed by atoms with Gasteiger partial charge in [0.2, 0.25) is 0 Å². The number of likely N-dealkylation sites (N-methyl/N-ethyl adjacent to an activating group) is 1. The Balaban J connectivity index is 2.16. The molecule has 0 radical (unpaired) electrons. The highest BCUT2D eigenvalue weighted by atomic mass is 16.7. The van der Waals surface area contributed by atoms with Gasteiger partial charge in [-0.2, -0.15) is 0 Å². The number of aliphatic hydroxyl groups is 4. The fraction of sp³-hybridized carbons (Fsp3) is 0.946. The van der Waals surface area contributed by atoms with E-state index < -0.39 is 102 Å². The summed E-state index contributed by atoms with van der Waals surface area (Å²) in [6, 6.07) is -0.300. The molecule has 3 fully saturated rings. The SMILES string of the molecule is COC1(C)CC(OC2[C@H](C)C(OC3O[C@H](C)CC(N(C)C)C3O)C(C)(O)C[C@@H](C)C(=O)[C@H](C)C(O)C(C)(C)C(C)OC(=O)[C@@H]2C)O[C@@H](C)C1O. The number of hydrogen-bond donors (Lipinski definition) is 4. The molecule has 3 saturated heterocycles. The van der Waals surface area contributed by atoms with E-state index >= 15 is 0 Å². The summed E-state index contributed by atoms with van der Waals surface area (Å²) in [6.45, 7) is 18.9. The number of methoxy groups -OCH3 is 1. The first-order chi connectivity index (χ1) is 22.9. The minimum atomic E-state index is -1.73. The minimum Gasteiger partial charge on any atom is -0.462 e. The van der Waals surface area contributed by atoms with Crippen LogP contribution in [0, 0.1) is 29.1 Å². The average molecular weight is 718 g/mol. The van der Waals surface area contributed by atoms with Gasteiger partial charge in [-0.1, -0.05) is 34.6 Å². The van der Waals surface area contributed by atoms with Crippen molar-refractivity contribution >= 4 is 11.8 Å². The zero-order chi connectivity index (χ0) is 38.3. The van der Waals surface area contributed by atoms with Gasteiger partial charge in [-0.15, -0.1) is 0 Å². The molecule has 3 rings (SSSR count). The standard InChI is InChI=1S/C37H67NO12/c1-18-16-36(10,44)32(50-34-28(40)25(38(12)13)15-19(2)46-34)21(4)29(49-26-17-37(11,45-14)31(42)23(6)47-26)22(5)33(43)48-24(7)35(8,9)30(41)20(3)27(18)39/h18-26,28-32,34,40-42,44H,15-17H2,1-14H3/t18-,19-,20+,21+,22-,23+,24?,25?,26?,28?,29?,30?,31?,32?,34?,36?,37?/m1/s1. The number of Topliss-reactive ketones (excluding diaryl/α,β-unsaturated/α-hetero) is 1. The molecule has 0 spiro atoms. The van der Waals surface area contributed by atoms with Crippen LogP contribution in [0.1, 0.15) is 95.4 Å². The van der Waals surface area contributed by atoms with Crippen LogP contribution in [-0.4, -0.2) is 137 Å². The zero-order valence-electron chi connectivity index (χ0n) is 32.8. The molecule has 3 aliphatic heterocycles. The lowest BCUT2D eigenvalue weighted by Gasteiger charge is -2.49. The second-order valence-electron chi connectivity index (χ2n) is 16.8. The predicted octanol–water partition coefficient (Wildman–Crippen LogP) is 2.67. The Morgan fingerprint density at radius 2 is 1.44 bits per heavy atom. The number of ether oxygens (including phenoxy) is 6. The molecule has 13 nitrogen and oxygen atoms in total. The van der Waals surface area contributed by atoms with E-state index in [1.807, 2.05) is 25.9 Å². The van der Waals surface area contributed by atoms with Crippen molar-refractivity contribution in [3.05, 3.63) is 0 Å². The smallest absolute Gasteiger partial charge is 0.311 e. The monoisotopic (exact) mass is 717 g/mol. The maximum Gasteiger partial charge on any atom is 0.311 e. The molecule has 50 heavy (non-hydrogen) atoms. The van der Waals surface area contributed by atoms with Crippen molar-refractivity contribution in [2.45, 2.75) is 174 Å². The third-order valence-corrected chi connectivity index (χ3v) is 12.0. The number of cyclic esters (lactones) is 1. The van der Waals surface area contributed by atoms with Gasteiger partial charge in [0.15, 0.2) is 12.6 Å². The summed E-state index contributed by atoms with van der Waals surface area (Å²) in [5.74, 6) is -4.15. The van der Waals surface area contributed by atoms with Gasteiger partial charge >= 0.3 is 5.97 Å². The summed E-state index contributed by atoms with van der Waals surface area (Å²) in [6.07, 6.45) is -8.54. The number of carbonyl (C=O) groups is 2. The Labute approximate surface area is 299 Å². The molecule has 4 N–H and O–H groups in total. The van der Waals surface area contributed by atoms with Crippen LogP contribution in [0.5, 0.6) is 0 Å². The van der Waals surface area contributed by atoms with Crippen LogP contribution < -0.4 is 0 Å². The number of hydrogen-bond acceptors (Lipinski definition) is 13. The summed E-state index contributed by atoms with van der Waals surface area (Å²) in [7, 11) is 5.23. The van der Waals surface area contributed by atoms with Crippen LogP contribution in [0.2, 0.25) is 0 Å². The van der Waals surface area contributed by atoms with E-state index in [9.17, 15) is 30.0 Å². The van der Waals surface area contributed by atoms with E-state index in [-0.39, 0.29) is 30.8 Å². The van der Waals surface area contributed by atoms with E-state index in [1.54, 1.807) is 69.2 Å². The quantitative estimate of drug-likeness (QED) is 0.296. The van der Waals surface area contributed by atoms with Crippen molar-refractivity contribution in [3.63, 3.8) is 0 Å². The normalized spacial score (nSPS) is 48.6. The Hall–Kier alpha value is -1.26. The first-order valence-electron chi connectivity index (χ1n) is 18.2. The third-order valence-electron chi connectivity index (χ3n) is 12.0. The van der Waals surface area contributed by atoms with Crippen LogP contribution in [-0.2, 0) is 38.0 Å². The number of carbonyl (C=O) groups excluding carboxylic acids is 2. The maximum atomic E-state index is 14.0. The van der Waals surface area contributed by atoms with Gasteiger partial charge in [0, 0.05) is 42.7 Å². The molecule has 11 unspecified atom stereocenters. The predicted molar refractivity (Wildman–Crippen MR) is 185 cm³/mol. The lowest BCUT2D eigenvalue weighted by molar-refractivity contribution is -0.317. The van der Waals surface area contributed by atoms with Crippen molar-refractivity contribution in [2.75, 3.05) is 21.2 Å². The zero-order valence-corrected chi connectivity index (χ0v) is 32.8. The number of nitrogens with zero attached hydrogens (tertiary/aromatic N) is 1. The van der Waals surface area contributed by atoms with E-state index in [4.69, 9.17) is 28.4 Å². The summed E-state index contributed by atoms with van der Waals surface area (Å²) in [5, 5.41) is 46.2. The molecular weight excluding hydrogens is 650 g/mol. The van der Waals surface area contributed by atoms with Gasteiger partial charge in [-0.25, -0.2) is 0 Å². The van der Waals surface area contributed by atoms with Crippen LogP contribution in [0.15, 0.2) is 0 Å². The van der Waals surface area contributed by atoms with Crippen LogP contribution in [0.4, 0.5) is 0 Å². The summed E-state index contributed by atoms with van der Waals surface area (Å²) in [4.78, 5) is 29.8. The first kappa shape index (κ1) is 43.1. The second-order valence-corrected chi connectivity index (χ2v) is 16.8. The highest BCUT2D eigenvalue weighted by molar-refractivity contribution is 5.83. The van der Waals surface area contributed by atoms with Crippen molar-refractivity contribution in [1.82, 2.24) is 4.90 Å². The second kappa shape index (κ2) is 16.4. The third kappa shape index (κ3) is 9.09. The number of aliphatic hydroxyl groups excluding tert-OH is 3. The van der Waals surface area contributed by atoms with E-state index in [0.29, 0.717) is 6.42 Å². The maximum absolute atomic E-state index is 14.0. The van der Waals surface area contributed by atoms with Crippen molar-refractivity contribution in [3.8, 4) is 0 Å². The molecular formula is C37H67NO12. The van der Waals surface area contributed by atoms with Crippen LogP contribution in [0.3, 0.4) is 0 Å². The van der Waals surface area contributed by atoms with Gasteiger partial charge in [0.05, 0.1) is 47.6 Å². The summed E-state index contributed by atoms with van der Waals surface area (Å²) in [5.41, 5.74) is -3.75. The van der Waals surface area contributed by atoms with Crippen LogP contribution >= 0.6 is 0 Å². The number of ketones is 1. The number of esters is 1. The average Bonchev–Trinajstić information content (AvgIpc) is 3.03. The fourth-order valence-electron chi connectivity index (χ4n) is 8.17. The minimum absolute atomic E-state index is 0.0557. The molecule has 3 heterocycles. The topological polar surface area (TPSA) is 174 Å². The van der Waals surface area contributed by atoms with Gasteiger partial charge in [-0.3, -0.25) is 9.59 Å². The molecule has 0 aromatic rings. The molecule has 3 aliphatic rings. The summed E-state index contributed by atoms with van der Waals surface area (Å²) >= 11 is 0. The Kier molecular flexibility index (Phi) is 14.2. The van der Waals surface area contributed by atoms with Crippen molar-refractivity contribution in [2.24, 2.45) is 29.1 Å². The molecule has 0 bridgehead atoms. The lowest BCUT2D eigenvalue weighted by Crippen LogP contribution is -2.60. The van der Waals surface area contributed by atoms with Gasteiger partial charge < -0.3 is 53.7 Å². The fourth-order valence-corrected chi connectivity index (χ4v) is 8.17. The largest absolute Gasteiger partial charge is 0.462 e. The highest BCUT2D eigenvalue weighted by Gasteiger charge is 2.53. The van der Waals surface area contributed by atoms with Crippen LogP contribution in [0.25, 0.3) is 0 Å². The molecule has 0 amide bonds. The molecule has 13 heteroatoms. The first-order valence-corrected chi connectivity index (χ1v) is 18.2. The van der Waals surface area contributed by atoms with Gasteiger partial charge in [0.1, 0.15) is 24.1 Å². The van der Waals surface area contributed by atoms with Crippen molar-refractivity contribution < 1.29 is 58.4 Å². The highest BCUT2D eigenvalue weighted by Crippen LogP contribution is 2.41. The Bertz CT molecular complexity index is 1150. The summed E-state index contributed by atoms with van der Waals surface area (Å²) < 4.78 is 37.2. The van der Waals surface area contributed by atoms with Crippen molar-refractivity contribution in [1.29, 1.82) is 0 Å². The van der Waals surface area contributed by atoms with Gasteiger partial charge in [-0.05, 0) is 68.5 Å². The van der Waals surface area contributed by atoms with Gasteiger partial charge in [0.25, 0.3) is 0 Å². The van der Waals surface area contributed by atoms with E-state index in [1.165, 1.54) is 7.11 Å². The molecule has 292 valence electrons. The molecule has 0 aromatic heterocycles. The number of rotatable bonds is 6. The van der Waals surface area contributed by atoms with E-state index in [0.717, 1.165) is 0 Å². The molecule has 0 aromatic carbocycles. The molecule has 0 saturated carbocycles. The Morgan fingerprint density at radius 3 is 2.00 bits per heavy atom. The molecule has 0 aliphatic carbocycles. The Morgan fingerprint density at radius 1 is 0.840 bits per heavy atom.